The lowest BCUT2D eigenvalue weighted by atomic mass is 10.3. The summed E-state index contributed by atoms with van der Waals surface area (Å²) in [6.07, 6.45) is 1.87. The van der Waals surface area contributed by atoms with Crippen LogP contribution < -0.4 is 5.73 Å². The van der Waals surface area contributed by atoms with Crippen LogP contribution in [0.15, 0.2) is 0 Å². The summed E-state index contributed by atoms with van der Waals surface area (Å²) in [5.74, 6) is 1.85. The van der Waals surface area contributed by atoms with E-state index in [4.69, 9.17) is 5.73 Å². The van der Waals surface area contributed by atoms with Gasteiger partial charge in [0.05, 0.1) is 6.54 Å². The summed E-state index contributed by atoms with van der Waals surface area (Å²) < 4.78 is 0. The zero-order chi connectivity index (χ0) is 10.6. The molecule has 0 aliphatic rings. The molecule has 5 nitrogen and oxygen atoms in total. The third kappa shape index (κ3) is 3.26. The number of hydrogen-bond donors (Lipinski definition) is 1. The lowest BCUT2D eigenvalue weighted by Crippen LogP contribution is -2.16. The van der Waals surface area contributed by atoms with Gasteiger partial charge in [-0.25, -0.2) is 4.98 Å². The summed E-state index contributed by atoms with van der Waals surface area (Å²) in [7, 11) is 3.94. The third-order valence-corrected chi connectivity index (χ3v) is 1.68. The van der Waals surface area contributed by atoms with E-state index in [2.05, 4.69) is 21.9 Å². The molecule has 0 spiro atoms. The van der Waals surface area contributed by atoms with Gasteiger partial charge in [0.15, 0.2) is 0 Å². The highest BCUT2D eigenvalue weighted by Gasteiger charge is 2.04. The molecule has 0 fully saturated rings. The number of nitrogens with two attached hydrogens (primary N) is 1. The zero-order valence-electron chi connectivity index (χ0n) is 8.99. The average molecular weight is 195 g/mol. The van der Waals surface area contributed by atoms with E-state index in [9.17, 15) is 0 Å². The van der Waals surface area contributed by atoms with Crippen molar-refractivity contribution in [2.24, 2.45) is 0 Å². The molecule has 1 heterocycles. The van der Waals surface area contributed by atoms with Crippen LogP contribution in [-0.2, 0) is 13.0 Å². The van der Waals surface area contributed by atoms with Gasteiger partial charge in [-0.15, -0.1) is 0 Å². The summed E-state index contributed by atoms with van der Waals surface area (Å²) in [6.45, 7) is 2.79. The van der Waals surface area contributed by atoms with Crippen LogP contribution in [0.1, 0.15) is 25.0 Å². The Morgan fingerprint density at radius 2 is 1.79 bits per heavy atom. The van der Waals surface area contributed by atoms with Crippen LogP contribution in [0.4, 0.5) is 5.95 Å². The van der Waals surface area contributed by atoms with Gasteiger partial charge in [-0.05, 0) is 20.5 Å². The number of nitrogen functional groups attached to an aromatic ring is 1. The van der Waals surface area contributed by atoms with E-state index in [1.807, 2.05) is 19.0 Å². The van der Waals surface area contributed by atoms with E-state index in [1.165, 1.54) is 0 Å². The number of anilines is 1. The highest BCUT2D eigenvalue weighted by molar-refractivity contribution is 5.15. The lowest BCUT2D eigenvalue weighted by Gasteiger charge is -2.09. The van der Waals surface area contributed by atoms with Gasteiger partial charge in [-0.3, -0.25) is 0 Å². The maximum absolute atomic E-state index is 5.58. The van der Waals surface area contributed by atoms with Gasteiger partial charge < -0.3 is 10.6 Å². The van der Waals surface area contributed by atoms with Crippen molar-refractivity contribution >= 4 is 5.95 Å². The number of aryl methyl sites for hydroxylation is 1. The second-order valence-corrected chi connectivity index (χ2v) is 3.51. The Morgan fingerprint density at radius 3 is 2.36 bits per heavy atom. The van der Waals surface area contributed by atoms with E-state index in [0.29, 0.717) is 12.5 Å². The largest absolute Gasteiger partial charge is 0.368 e. The van der Waals surface area contributed by atoms with Crippen LogP contribution in [-0.4, -0.2) is 33.9 Å². The number of hydrogen-bond acceptors (Lipinski definition) is 5. The normalized spacial score (nSPS) is 10.9. The second-order valence-electron chi connectivity index (χ2n) is 3.51. The monoisotopic (exact) mass is 195 g/mol. The minimum atomic E-state index is 0.320. The first kappa shape index (κ1) is 10.8. The molecule has 78 valence electrons. The second kappa shape index (κ2) is 4.85. The number of nitrogens with zero attached hydrogens (tertiary/aromatic N) is 4. The van der Waals surface area contributed by atoms with Crippen LogP contribution in [0.3, 0.4) is 0 Å². The molecule has 0 bridgehead atoms. The molecular weight excluding hydrogens is 178 g/mol. The van der Waals surface area contributed by atoms with Crippen molar-refractivity contribution in [3.8, 4) is 0 Å². The van der Waals surface area contributed by atoms with E-state index in [1.54, 1.807) is 0 Å². The summed E-state index contributed by atoms with van der Waals surface area (Å²) in [5, 5.41) is 0. The van der Waals surface area contributed by atoms with Crippen molar-refractivity contribution in [1.29, 1.82) is 0 Å². The first-order valence-electron chi connectivity index (χ1n) is 4.76. The Morgan fingerprint density at radius 1 is 1.14 bits per heavy atom. The predicted octanol–water partition coefficient (Wildman–Crippen LogP) is 0.468. The Hall–Kier alpha value is -1.23. The molecule has 0 aliphatic heterocycles. The fraction of sp³-hybridized carbons (Fsp3) is 0.667. The van der Waals surface area contributed by atoms with Crippen LogP contribution >= 0.6 is 0 Å². The molecule has 1 aromatic rings. The molecule has 14 heavy (non-hydrogen) atoms. The number of rotatable bonds is 4. The van der Waals surface area contributed by atoms with Crippen molar-refractivity contribution in [1.82, 2.24) is 19.9 Å². The fourth-order valence-electron chi connectivity index (χ4n) is 1.18. The van der Waals surface area contributed by atoms with Crippen molar-refractivity contribution in [3.63, 3.8) is 0 Å². The standard InChI is InChI=1S/C9H17N5/c1-4-5-7-11-8(6-14(2)3)13-9(10)12-7/h4-6H2,1-3H3,(H2,10,11,12,13). The van der Waals surface area contributed by atoms with Crippen molar-refractivity contribution in [2.75, 3.05) is 19.8 Å². The van der Waals surface area contributed by atoms with Gasteiger partial charge in [0.1, 0.15) is 11.6 Å². The highest BCUT2D eigenvalue weighted by atomic mass is 15.1. The molecule has 0 aliphatic carbocycles. The molecule has 0 unspecified atom stereocenters. The SMILES string of the molecule is CCCc1nc(N)nc(CN(C)C)n1. The molecule has 0 atom stereocenters. The van der Waals surface area contributed by atoms with Crippen LogP contribution in [0.5, 0.6) is 0 Å². The predicted molar refractivity (Wildman–Crippen MR) is 55.6 cm³/mol. The Balaban J connectivity index is 2.83. The van der Waals surface area contributed by atoms with E-state index in [-0.39, 0.29) is 0 Å². The lowest BCUT2D eigenvalue weighted by molar-refractivity contribution is 0.389. The topological polar surface area (TPSA) is 67.9 Å². The molecular formula is C9H17N5. The Kier molecular flexibility index (Phi) is 3.76. The van der Waals surface area contributed by atoms with Gasteiger partial charge in [0, 0.05) is 6.42 Å². The van der Waals surface area contributed by atoms with Gasteiger partial charge in [-0.2, -0.15) is 9.97 Å². The van der Waals surface area contributed by atoms with Gasteiger partial charge >= 0.3 is 0 Å². The molecule has 2 N–H and O–H groups in total. The van der Waals surface area contributed by atoms with Crippen molar-refractivity contribution in [2.45, 2.75) is 26.3 Å². The average Bonchev–Trinajstić information content (AvgIpc) is 2.01. The minimum Gasteiger partial charge on any atom is -0.368 e. The highest BCUT2D eigenvalue weighted by Crippen LogP contribution is 2.01. The van der Waals surface area contributed by atoms with Crippen LogP contribution in [0, 0.1) is 0 Å². The third-order valence-electron chi connectivity index (χ3n) is 1.68. The zero-order valence-corrected chi connectivity index (χ0v) is 8.99. The number of aromatic nitrogens is 3. The van der Waals surface area contributed by atoms with Crippen LogP contribution in [0.25, 0.3) is 0 Å². The minimum absolute atomic E-state index is 0.320. The first-order chi connectivity index (χ1) is 6.61. The summed E-state index contributed by atoms with van der Waals surface area (Å²) >= 11 is 0. The van der Waals surface area contributed by atoms with E-state index < -0.39 is 0 Å². The van der Waals surface area contributed by atoms with Crippen molar-refractivity contribution < 1.29 is 0 Å². The molecule has 0 aromatic carbocycles. The van der Waals surface area contributed by atoms with Crippen molar-refractivity contribution in [3.05, 3.63) is 11.6 Å². The molecule has 0 amide bonds. The molecule has 0 saturated carbocycles. The smallest absolute Gasteiger partial charge is 0.223 e. The van der Waals surface area contributed by atoms with E-state index >= 15 is 0 Å². The fourth-order valence-corrected chi connectivity index (χ4v) is 1.18. The summed E-state index contributed by atoms with van der Waals surface area (Å²) in [6, 6.07) is 0. The first-order valence-corrected chi connectivity index (χ1v) is 4.76. The maximum Gasteiger partial charge on any atom is 0.223 e. The molecule has 1 rings (SSSR count). The molecule has 0 saturated heterocycles. The Bertz CT molecular complexity index is 297. The van der Waals surface area contributed by atoms with Crippen LogP contribution in [0.2, 0.25) is 0 Å². The molecule has 5 heteroatoms. The Labute approximate surface area is 84.4 Å². The van der Waals surface area contributed by atoms with Gasteiger partial charge in [-0.1, -0.05) is 6.92 Å². The summed E-state index contributed by atoms with van der Waals surface area (Å²) in [5.41, 5.74) is 5.58. The van der Waals surface area contributed by atoms with E-state index in [0.717, 1.165) is 24.5 Å². The molecule has 1 aromatic heterocycles. The van der Waals surface area contributed by atoms with Gasteiger partial charge in [0.25, 0.3) is 0 Å². The summed E-state index contributed by atoms with van der Waals surface area (Å²) in [4.78, 5) is 14.5. The van der Waals surface area contributed by atoms with Gasteiger partial charge in [0.2, 0.25) is 5.95 Å². The maximum atomic E-state index is 5.58. The quantitative estimate of drug-likeness (QED) is 0.756. The molecule has 0 radical (unpaired) electrons.